The van der Waals surface area contributed by atoms with Crippen LogP contribution in [0.2, 0.25) is 0 Å². The summed E-state index contributed by atoms with van der Waals surface area (Å²) < 4.78 is 5.48. The molecular weight excluding hydrogens is 336 g/mol. The van der Waals surface area contributed by atoms with Gasteiger partial charge in [-0.05, 0) is 32.1 Å². The predicted octanol–water partition coefficient (Wildman–Crippen LogP) is 2.66. The minimum Gasteiger partial charge on any atom is -0.381 e. The third-order valence-electron chi connectivity index (χ3n) is 5.95. The zero-order valence-corrected chi connectivity index (χ0v) is 16.1. The second-order valence-electron chi connectivity index (χ2n) is 7.98. The van der Waals surface area contributed by atoms with Gasteiger partial charge in [-0.3, -0.25) is 4.79 Å². The molecule has 4 rings (SSSR count). The number of ether oxygens (including phenoxy) is 1. The average Bonchev–Trinajstić information content (AvgIpc) is 3.26. The molecule has 0 aliphatic carbocycles. The SMILES string of the molecule is CC(C)c1nnc(N2CC[C@@]3(CCCN(C4CCOCC4)C3=O)C2)s1. The minimum absolute atomic E-state index is 0.208. The number of hydrogen-bond acceptors (Lipinski definition) is 6. The van der Waals surface area contributed by atoms with E-state index in [1.165, 1.54) is 0 Å². The molecule has 0 unspecified atom stereocenters. The summed E-state index contributed by atoms with van der Waals surface area (Å²) in [5, 5.41) is 10.8. The maximum Gasteiger partial charge on any atom is 0.230 e. The molecule has 1 spiro atoms. The quantitative estimate of drug-likeness (QED) is 0.825. The van der Waals surface area contributed by atoms with Crippen molar-refractivity contribution in [1.82, 2.24) is 15.1 Å². The van der Waals surface area contributed by atoms with Gasteiger partial charge in [0.2, 0.25) is 11.0 Å². The van der Waals surface area contributed by atoms with Crippen LogP contribution in [0.1, 0.15) is 56.9 Å². The summed E-state index contributed by atoms with van der Waals surface area (Å²) in [6, 6.07) is 0.376. The van der Waals surface area contributed by atoms with E-state index in [0.29, 0.717) is 17.9 Å². The van der Waals surface area contributed by atoms with Crippen LogP contribution in [0.15, 0.2) is 0 Å². The second kappa shape index (κ2) is 6.83. The molecule has 25 heavy (non-hydrogen) atoms. The van der Waals surface area contributed by atoms with Crippen molar-refractivity contribution in [2.24, 2.45) is 5.41 Å². The fourth-order valence-corrected chi connectivity index (χ4v) is 5.32. The van der Waals surface area contributed by atoms with Crippen molar-refractivity contribution in [2.75, 3.05) is 37.7 Å². The molecule has 3 saturated heterocycles. The Morgan fingerprint density at radius 2 is 2.00 bits per heavy atom. The highest BCUT2D eigenvalue weighted by Gasteiger charge is 2.50. The van der Waals surface area contributed by atoms with E-state index in [4.69, 9.17) is 4.74 Å². The van der Waals surface area contributed by atoms with Crippen LogP contribution in [0.5, 0.6) is 0 Å². The number of nitrogens with zero attached hydrogens (tertiary/aromatic N) is 4. The van der Waals surface area contributed by atoms with Crippen LogP contribution in [0.3, 0.4) is 0 Å². The van der Waals surface area contributed by atoms with E-state index < -0.39 is 0 Å². The highest BCUT2D eigenvalue weighted by atomic mass is 32.1. The molecule has 1 aromatic rings. The number of piperidine rings is 1. The Kier molecular flexibility index (Phi) is 4.71. The molecule has 0 aromatic carbocycles. The van der Waals surface area contributed by atoms with Gasteiger partial charge in [-0.1, -0.05) is 25.2 Å². The molecule has 0 saturated carbocycles. The number of likely N-dealkylation sites (tertiary alicyclic amines) is 1. The topological polar surface area (TPSA) is 58.6 Å². The van der Waals surface area contributed by atoms with Crippen molar-refractivity contribution in [3.63, 3.8) is 0 Å². The van der Waals surface area contributed by atoms with Gasteiger partial charge in [0.05, 0.1) is 5.41 Å². The van der Waals surface area contributed by atoms with Gasteiger partial charge in [0, 0.05) is 44.8 Å². The van der Waals surface area contributed by atoms with E-state index in [2.05, 4.69) is 33.8 Å². The lowest BCUT2D eigenvalue weighted by molar-refractivity contribution is -0.149. The van der Waals surface area contributed by atoms with Crippen molar-refractivity contribution in [2.45, 2.75) is 57.9 Å². The van der Waals surface area contributed by atoms with Gasteiger partial charge in [0.15, 0.2) is 0 Å². The van der Waals surface area contributed by atoms with Crippen LogP contribution in [0.25, 0.3) is 0 Å². The maximum atomic E-state index is 13.4. The van der Waals surface area contributed by atoms with Gasteiger partial charge in [-0.25, -0.2) is 0 Å². The van der Waals surface area contributed by atoms with Crippen LogP contribution >= 0.6 is 11.3 Å². The zero-order valence-electron chi connectivity index (χ0n) is 15.2. The first-order chi connectivity index (χ1) is 12.1. The Morgan fingerprint density at radius 1 is 1.20 bits per heavy atom. The zero-order chi connectivity index (χ0) is 17.4. The van der Waals surface area contributed by atoms with Crippen molar-refractivity contribution in [1.29, 1.82) is 0 Å². The van der Waals surface area contributed by atoms with Crippen LogP contribution < -0.4 is 4.90 Å². The number of anilines is 1. The van der Waals surface area contributed by atoms with Gasteiger partial charge in [-0.15, -0.1) is 10.2 Å². The lowest BCUT2D eigenvalue weighted by Crippen LogP contribution is -2.54. The largest absolute Gasteiger partial charge is 0.381 e. The lowest BCUT2D eigenvalue weighted by Gasteiger charge is -2.44. The monoisotopic (exact) mass is 364 g/mol. The van der Waals surface area contributed by atoms with Crippen molar-refractivity contribution < 1.29 is 9.53 Å². The molecule has 0 radical (unpaired) electrons. The first-order valence-corrected chi connectivity index (χ1v) is 10.4. The number of aromatic nitrogens is 2. The summed E-state index contributed by atoms with van der Waals surface area (Å²) in [6.45, 7) is 8.50. The highest BCUT2D eigenvalue weighted by Crippen LogP contribution is 2.43. The Hall–Kier alpha value is -1.21. The van der Waals surface area contributed by atoms with Gasteiger partial charge in [-0.2, -0.15) is 0 Å². The third kappa shape index (κ3) is 3.16. The van der Waals surface area contributed by atoms with Crippen LogP contribution in [0, 0.1) is 5.41 Å². The molecule has 1 aromatic heterocycles. The van der Waals surface area contributed by atoms with E-state index in [1.807, 2.05) is 0 Å². The molecule has 7 heteroatoms. The maximum absolute atomic E-state index is 13.4. The summed E-state index contributed by atoms with van der Waals surface area (Å²) in [4.78, 5) is 17.8. The molecule has 4 heterocycles. The fraction of sp³-hybridized carbons (Fsp3) is 0.833. The fourth-order valence-electron chi connectivity index (χ4n) is 4.45. The van der Waals surface area contributed by atoms with E-state index in [1.54, 1.807) is 11.3 Å². The third-order valence-corrected chi connectivity index (χ3v) is 7.23. The highest BCUT2D eigenvalue weighted by molar-refractivity contribution is 7.15. The van der Waals surface area contributed by atoms with Crippen molar-refractivity contribution in [3.05, 3.63) is 5.01 Å². The summed E-state index contributed by atoms with van der Waals surface area (Å²) in [7, 11) is 0. The Bertz CT molecular complexity index is 628. The lowest BCUT2D eigenvalue weighted by atomic mass is 9.77. The van der Waals surface area contributed by atoms with E-state index >= 15 is 0 Å². The number of carbonyl (C=O) groups is 1. The predicted molar refractivity (Wildman–Crippen MR) is 98.0 cm³/mol. The average molecular weight is 365 g/mol. The first-order valence-electron chi connectivity index (χ1n) is 9.56. The summed E-state index contributed by atoms with van der Waals surface area (Å²) >= 11 is 1.68. The Labute approximate surface area is 153 Å². The van der Waals surface area contributed by atoms with E-state index in [9.17, 15) is 4.79 Å². The smallest absolute Gasteiger partial charge is 0.230 e. The molecule has 1 amide bonds. The first kappa shape index (κ1) is 17.2. The number of amides is 1. The van der Waals surface area contributed by atoms with Crippen LogP contribution in [-0.4, -0.2) is 59.9 Å². The number of rotatable bonds is 3. The molecular formula is C18H28N4O2S. The standard InChI is InChI=1S/C18H28N4O2S/c1-13(2)15-19-20-17(25-15)21-9-7-18(12-21)6-3-8-22(16(18)23)14-4-10-24-11-5-14/h13-14H,3-12H2,1-2H3/t18-/m0/s1. The van der Waals surface area contributed by atoms with Gasteiger partial charge >= 0.3 is 0 Å². The number of hydrogen-bond donors (Lipinski definition) is 0. The second-order valence-corrected chi connectivity index (χ2v) is 8.96. The van der Waals surface area contributed by atoms with Crippen molar-refractivity contribution >= 4 is 22.4 Å². The molecule has 6 nitrogen and oxygen atoms in total. The summed E-state index contributed by atoms with van der Waals surface area (Å²) in [5.74, 6) is 0.782. The number of carbonyl (C=O) groups excluding carboxylic acids is 1. The van der Waals surface area contributed by atoms with Crippen molar-refractivity contribution in [3.8, 4) is 0 Å². The van der Waals surface area contributed by atoms with E-state index in [0.717, 1.165) is 75.1 Å². The van der Waals surface area contributed by atoms with E-state index in [-0.39, 0.29) is 5.41 Å². The van der Waals surface area contributed by atoms with Gasteiger partial charge in [0.1, 0.15) is 5.01 Å². The van der Waals surface area contributed by atoms with Crippen LogP contribution in [0.4, 0.5) is 5.13 Å². The molecule has 3 aliphatic rings. The molecule has 3 fully saturated rings. The molecule has 3 aliphatic heterocycles. The molecule has 0 N–H and O–H groups in total. The minimum atomic E-state index is -0.208. The summed E-state index contributed by atoms with van der Waals surface area (Å²) in [5.41, 5.74) is -0.208. The Balaban J connectivity index is 1.48. The molecule has 138 valence electrons. The van der Waals surface area contributed by atoms with Gasteiger partial charge < -0.3 is 14.5 Å². The van der Waals surface area contributed by atoms with Gasteiger partial charge in [0.25, 0.3) is 0 Å². The molecule has 0 bridgehead atoms. The Morgan fingerprint density at radius 3 is 2.72 bits per heavy atom. The summed E-state index contributed by atoms with van der Waals surface area (Å²) in [6.07, 6.45) is 5.05. The molecule has 1 atom stereocenters. The van der Waals surface area contributed by atoms with Crippen LogP contribution in [-0.2, 0) is 9.53 Å². The normalized spacial score (nSPS) is 28.5.